The summed E-state index contributed by atoms with van der Waals surface area (Å²) in [6.45, 7) is 1.34. The lowest BCUT2D eigenvalue weighted by molar-refractivity contribution is -0.121. The molecule has 6 heteroatoms. The van der Waals surface area contributed by atoms with Crippen LogP contribution in [0.2, 0.25) is 0 Å². The first-order valence-electron chi connectivity index (χ1n) is 7.57. The Balaban J connectivity index is 2.11. The van der Waals surface area contributed by atoms with Gasteiger partial charge in [-0.15, -0.1) is 0 Å². The molecule has 2 aromatic rings. The lowest BCUT2D eigenvalue weighted by Gasteiger charge is -2.22. The highest BCUT2D eigenvalue weighted by Crippen LogP contribution is 2.17. The third-order valence-electron chi connectivity index (χ3n) is 3.53. The van der Waals surface area contributed by atoms with Gasteiger partial charge in [-0.3, -0.25) is 14.8 Å². The minimum atomic E-state index is -0.489. The SMILES string of the molecule is CC(=O)N(O)c1ccc(CC(=O)N(CCO)c2ccccc2)cc1. The van der Waals surface area contributed by atoms with Gasteiger partial charge in [0.1, 0.15) is 0 Å². The van der Waals surface area contributed by atoms with Crippen LogP contribution in [0, 0.1) is 0 Å². The van der Waals surface area contributed by atoms with Crippen molar-refractivity contribution in [2.24, 2.45) is 0 Å². The van der Waals surface area contributed by atoms with Gasteiger partial charge in [0.25, 0.3) is 0 Å². The predicted octanol–water partition coefficient (Wildman–Crippen LogP) is 2.00. The first-order chi connectivity index (χ1) is 11.5. The standard InChI is InChI=1S/C18H20N2O4/c1-14(22)20(24)17-9-7-15(8-10-17)13-18(23)19(11-12-21)16-5-3-2-4-6-16/h2-10,21,24H,11-13H2,1H3. The summed E-state index contributed by atoms with van der Waals surface area (Å²) < 4.78 is 0. The Morgan fingerprint density at radius 3 is 2.12 bits per heavy atom. The van der Waals surface area contributed by atoms with Crippen molar-refractivity contribution < 1.29 is 19.9 Å². The number of anilines is 2. The van der Waals surface area contributed by atoms with Crippen LogP contribution in [0.15, 0.2) is 54.6 Å². The second-order valence-corrected chi connectivity index (χ2v) is 5.28. The summed E-state index contributed by atoms with van der Waals surface area (Å²) in [5.74, 6) is -0.632. The minimum absolute atomic E-state index is 0.127. The molecule has 0 fully saturated rings. The normalized spacial score (nSPS) is 10.3. The van der Waals surface area contributed by atoms with Gasteiger partial charge >= 0.3 is 0 Å². The van der Waals surface area contributed by atoms with Crippen molar-refractivity contribution in [3.8, 4) is 0 Å². The average molecular weight is 328 g/mol. The van der Waals surface area contributed by atoms with E-state index in [1.54, 1.807) is 24.3 Å². The number of amides is 2. The molecule has 2 aromatic carbocycles. The molecule has 2 amide bonds. The zero-order chi connectivity index (χ0) is 17.5. The molecule has 2 N–H and O–H groups in total. The molecule has 0 heterocycles. The lowest BCUT2D eigenvalue weighted by Crippen LogP contribution is -2.34. The summed E-state index contributed by atoms with van der Waals surface area (Å²) in [5.41, 5.74) is 1.82. The Labute approximate surface area is 140 Å². The van der Waals surface area contributed by atoms with E-state index >= 15 is 0 Å². The zero-order valence-corrected chi connectivity index (χ0v) is 13.4. The highest BCUT2D eigenvalue weighted by atomic mass is 16.5. The quantitative estimate of drug-likeness (QED) is 0.628. The van der Waals surface area contributed by atoms with Gasteiger partial charge in [0.2, 0.25) is 11.8 Å². The molecule has 126 valence electrons. The van der Waals surface area contributed by atoms with E-state index in [1.165, 1.54) is 11.8 Å². The number of rotatable bonds is 6. The fourth-order valence-electron chi connectivity index (χ4n) is 2.31. The van der Waals surface area contributed by atoms with Crippen LogP contribution in [0.5, 0.6) is 0 Å². The van der Waals surface area contributed by atoms with Gasteiger partial charge in [0, 0.05) is 19.2 Å². The molecule has 0 radical (unpaired) electrons. The average Bonchev–Trinajstić information content (AvgIpc) is 2.60. The highest BCUT2D eigenvalue weighted by Gasteiger charge is 2.16. The van der Waals surface area contributed by atoms with Crippen molar-refractivity contribution in [3.05, 3.63) is 60.2 Å². The van der Waals surface area contributed by atoms with Crippen molar-refractivity contribution in [1.82, 2.24) is 0 Å². The molecule has 0 saturated heterocycles. The molecular formula is C18H20N2O4. The van der Waals surface area contributed by atoms with Crippen LogP contribution in [-0.4, -0.2) is 35.3 Å². The fourth-order valence-corrected chi connectivity index (χ4v) is 2.31. The molecule has 0 aliphatic rings. The molecule has 0 aliphatic heterocycles. The van der Waals surface area contributed by atoms with E-state index in [0.29, 0.717) is 10.8 Å². The maximum Gasteiger partial charge on any atom is 0.247 e. The van der Waals surface area contributed by atoms with E-state index < -0.39 is 5.91 Å². The van der Waals surface area contributed by atoms with Crippen molar-refractivity contribution >= 4 is 23.2 Å². The Hall–Kier alpha value is -2.70. The van der Waals surface area contributed by atoms with E-state index in [1.807, 2.05) is 30.3 Å². The van der Waals surface area contributed by atoms with Crippen LogP contribution in [0.25, 0.3) is 0 Å². The minimum Gasteiger partial charge on any atom is -0.395 e. The number of carbonyl (C=O) groups excluding carboxylic acids is 2. The number of hydrogen-bond donors (Lipinski definition) is 2. The van der Waals surface area contributed by atoms with E-state index in [4.69, 9.17) is 0 Å². The number of para-hydroxylation sites is 1. The summed E-state index contributed by atoms with van der Waals surface area (Å²) in [6.07, 6.45) is 0.153. The summed E-state index contributed by atoms with van der Waals surface area (Å²) >= 11 is 0. The number of benzene rings is 2. The third-order valence-corrected chi connectivity index (χ3v) is 3.53. The topological polar surface area (TPSA) is 81.1 Å². The van der Waals surface area contributed by atoms with Gasteiger partial charge < -0.3 is 10.0 Å². The number of aliphatic hydroxyl groups excluding tert-OH is 1. The number of hydrogen-bond acceptors (Lipinski definition) is 4. The Morgan fingerprint density at radius 1 is 0.958 bits per heavy atom. The van der Waals surface area contributed by atoms with Gasteiger partial charge in [-0.2, -0.15) is 5.06 Å². The molecule has 0 spiro atoms. The Kier molecular flexibility index (Phi) is 6.06. The van der Waals surface area contributed by atoms with Crippen LogP contribution in [-0.2, 0) is 16.0 Å². The maximum atomic E-state index is 12.5. The summed E-state index contributed by atoms with van der Waals surface area (Å²) in [5, 5.41) is 19.3. The number of aliphatic hydroxyl groups is 1. The molecule has 2 rings (SSSR count). The lowest BCUT2D eigenvalue weighted by atomic mass is 10.1. The third kappa shape index (κ3) is 4.41. The second kappa shape index (κ2) is 8.24. The van der Waals surface area contributed by atoms with Crippen LogP contribution in [0.4, 0.5) is 11.4 Å². The molecule has 0 bridgehead atoms. The molecule has 0 atom stereocenters. The van der Waals surface area contributed by atoms with Crippen molar-refractivity contribution in [2.75, 3.05) is 23.1 Å². The number of hydroxylamine groups is 1. The Bertz CT molecular complexity index is 686. The van der Waals surface area contributed by atoms with Gasteiger partial charge in [-0.25, -0.2) is 0 Å². The van der Waals surface area contributed by atoms with Crippen molar-refractivity contribution in [2.45, 2.75) is 13.3 Å². The van der Waals surface area contributed by atoms with Crippen molar-refractivity contribution in [1.29, 1.82) is 0 Å². The van der Waals surface area contributed by atoms with Crippen LogP contribution >= 0.6 is 0 Å². The number of carbonyl (C=O) groups is 2. The van der Waals surface area contributed by atoms with Crippen LogP contribution < -0.4 is 9.96 Å². The monoisotopic (exact) mass is 328 g/mol. The molecule has 6 nitrogen and oxygen atoms in total. The van der Waals surface area contributed by atoms with E-state index in [0.717, 1.165) is 11.3 Å². The van der Waals surface area contributed by atoms with Crippen LogP contribution in [0.1, 0.15) is 12.5 Å². The van der Waals surface area contributed by atoms with Gasteiger partial charge in [-0.05, 0) is 29.8 Å². The summed E-state index contributed by atoms with van der Waals surface area (Å²) in [7, 11) is 0. The molecule has 24 heavy (non-hydrogen) atoms. The van der Waals surface area contributed by atoms with Gasteiger partial charge in [0.15, 0.2) is 0 Å². The van der Waals surface area contributed by atoms with Gasteiger partial charge in [0.05, 0.1) is 18.7 Å². The second-order valence-electron chi connectivity index (χ2n) is 5.28. The van der Waals surface area contributed by atoms with E-state index in [9.17, 15) is 19.9 Å². The van der Waals surface area contributed by atoms with Gasteiger partial charge in [-0.1, -0.05) is 30.3 Å². The maximum absolute atomic E-state index is 12.5. The largest absolute Gasteiger partial charge is 0.395 e. The highest BCUT2D eigenvalue weighted by molar-refractivity contribution is 5.95. The number of nitrogens with zero attached hydrogens (tertiary/aromatic N) is 2. The smallest absolute Gasteiger partial charge is 0.247 e. The van der Waals surface area contributed by atoms with E-state index in [-0.39, 0.29) is 25.5 Å². The fraction of sp³-hybridized carbons (Fsp3) is 0.222. The predicted molar refractivity (Wildman–Crippen MR) is 91.0 cm³/mol. The summed E-state index contributed by atoms with van der Waals surface area (Å²) in [6, 6.07) is 15.7. The first-order valence-corrected chi connectivity index (χ1v) is 7.57. The molecule has 0 aliphatic carbocycles. The van der Waals surface area contributed by atoms with E-state index in [2.05, 4.69) is 0 Å². The zero-order valence-electron chi connectivity index (χ0n) is 13.4. The molecule has 0 saturated carbocycles. The molecule has 0 unspecified atom stereocenters. The van der Waals surface area contributed by atoms with Crippen LogP contribution in [0.3, 0.4) is 0 Å². The van der Waals surface area contributed by atoms with Crippen molar-refractivity contribution in [3.63, 3.8) is 0 Å². The molecular weight excluding hydrogens is 308 g/mol. The molecule has 0 aromatic heterocycles. The Morgan fingerprint density at radius 2 is 1.58 bits per heavy atom. The first kappa shape index (κ1) is 17.7. The summed E-state index contributed by atoms with van der Waals surface area (Å²) in [4.78, 5) is 25.2.